The number of hydrogen-bond acceptors (Lipinski definition) is 8. The van der Waals surface area contributed by atoms with Gasteiger partial charge in [0, 0.05) is 19.4 Å². The molecule has 6 rings (SSSR count). The quantitative estimate of drug-likeness (QED) is 0.510. The smallest absolute Gasteiger partial charge is 0.328 e. The van der Waals surface area contributed by atoms with Crippen molar-refractivity contribution >= 4 is 34.4 Å². The summed E-state index contributed by atoms with van der Waals surface area (Å²) in [5.74, 6) is 0.358. The number of anilines is 3. The van der Waals surface area contributed by atoms with Gasteiger partial charge in [0.1, 0.15) is 23.3 Å². The van der Waals surface area contributed by atoms with Crippen molar-refractivity contribution < 1.29 is 14.3 Å². The molecule has 0 unspecified atom stereocenters. The number of carbonyl (C=O) groups excluding carboxylic acids is 1. The topological polar surface area (TPSA) is 138 Å². The molecule has 184 valence electrons. The van der Waals surface area contributed by atoms with Crippen LogP contribution in [0.2, 0.25) is 0 Å². The Bertz CT molecular complexity index is 1350. The molecule has 3 aromatic heterocycles. The third-order valence-electron chi connectivity index (χ3n) is 7.43. The number of imidazole rings is 1. The normalized spacial score (nSPS) is 26.4. The molecule has 35 heavy (non-hydrogen) atoms. The number of aromatic nitrogens is 4. The minimum Gasteiger partial charge on any atom is -0.397 e. The molecule has 1 aliphatic heterocycles. The molecule has 3 aliphatic rings. The van der Waals surface area contributed by atoms with Crippen LogP contribution in [-0.2, 0) is 16.1 Å². The maximum Gasteiger partial charge on any atom is 0.328 e. The maximum absolute atomic E-state index is 13.6. The molecular formula is C24H29N7O4. The summed E-state index contributed by atoms with van der Waals surface area (Å²) < 4.78 is 15.1. The number of amides is 1. The number of pyridine rings is 2. The van der Waals surface area contributed by atoms with Crippen LogP contribution in [0.25, 0.3) is 11.2 Å². The molecule has 0 saturated heterocycles. The first kappa shape index (κ1) is 22.1. The maximum atomic E-state index is 13.6. The van der Waals surface area contributed by atoms with Gasteiger partial charge >= 0.3 is 6.03 Å². The molecule has 0 spiro atoms. The zero-order valence-electron chi connectivity index (χ0n) is 19.6. The van der Waals surface area contributed by atoms with Gasteiger partial charge in [-0.15, -0.1) is 0 Å². The van der Waals surface area contributed by atoms with E-state index in [1.54, 1.807) is 23.8 Å². The second kappa shape index (κ2) is 8.65. The van der Waals surface area contributed by atoms with E-state index >= 15 is 0 Å². The number of nitrogens with one attached hydrogen (secondary N) is 2. The molecule has 0 aromatic carbocycles. The number of rotatable bonds is 2. The third-order valence-corrected chi connectivity index (χ3v) is 7.43. The van der Waals surface area contributed by atoms with Crippen molar-refractivity contribution in [2.75, 3.05) is 18.2 Å². The lowest BCUT2D eigenvalue weighted by atomic mass is 9.89. The van der Waals surface area contributed by atoms with Crippen molar-refractivity contribution in [1.82, 2.24) is 24.4 Å². The molecule has 2 aliphatic carbocycles. The van der Waals surface area contributed by atoms with Crippen LogP contribution in [0.4, 0.5) is 22.0 Å². The summed E-state index contributed by atoms with van der Waals surface area (Å²) >= 11 is 0. The number of nitrogens with two attached hydrogens (primary N) is 1. The minimum absolute atomic E-state index is 0.0261. The highest BCUT2D eigenvalue weighted by Crippen LogP contribution is 2.32. The van der Waals surface area contributed by atoms with Crippen LogP contribution >= 0.6 is 0 Å². The molecule has 0 radical (unpaired) electrons. The average molecular weight is 480 g/mol. The number of fused-ring (bicyclic) bond motifs is 4. The van der Waals surface area contributed by atoms with Gasteiger partial charge < -0.3 is 30.4 Å². The second-order valence-electron chi connectivity index (χ2n) is 9.59. The molecule has 2 saturated carbocycles. The molecule has 11 heteroatoms. The fraction of sp³-hybridized carbons (Fsp3) is 0.500. The summed E-state index contributed by atoms with van der Waals surface area (Å²) in [5.41, 5.74) is 8.42. The summed E-state index contributed by atoms with van der Waals surface area (Å²) in [6.07, 6.45) is 8.76. The van der Waals surface area contributed by atoms with Gasteiger partial charge in [0.25, 0.3) is 5.56 Å². The van der Waals surface area contributed by atoms with E-state index in [1.807, 2.05) is 6.20 Å². The van der Waals surface area contributed by atoms with E-state index in [1.165, 1.54) is 10.9 Å². The Morgan fingerprint density at radius 1 is 1.17 bits per heavy atom. The Balaban J connectivity index is 1.48. The van der Waals surface area contributed by atoms with Crippen molar-refractivity contribution in [1.29, 1.82) is 0 Å². The lowest BCUT2D eigenvalue weighted by Crippen LogP contribution is -2.52. The Morgan fingerprint density at radius 3 is 2.83 bits per heavy atom. The Labute approximate surface area is 201 Å². The van der Waals surface area contributed by atoms with E-state index in [4.69, 9.17) is 15.2 Å². The molecule has 4 N–H and O–H groups in total. The summed E-state index contributed by atoms with van der Waals surface area (Å²) in [4.78, 5) is 35.5. The summed E-state index contributed by atoms with van der Waals surface area (Å²) in [6, 6.07) is 2.93. The number of methoxy groups -OCH3 is 1. The van der Waals surface area contributed by atoms with Crippen molar-refractivity contribution in [2.24, 2.45) is 0 Å². The van der Waals surface area contributed by atoms with Crippen LogP contribution in [0.3, 0.4) is 0 Å². The predicted molar refractivity (Wildman–Crippen MR) is 130 cm³/mol. The van der Waals surface area contributed by atoms with Gasteiger partial charge in [-0.1, -0.05) is 12.8 Å². The van der Waals surface area contributed by atoms with Crippen molar-refractivity contribution in [3.63, 3.8) is 0 Å². The molecule has 4 heterocycles. The van der Waals surface area contributed by atoms with Crippen molar-refractivity contribution in [3.05, 3.63) is 40.6 Å². The highest BCUT2D eigenvalue weighted by molar-refractivity contribution is 5.93. The number of hydrogen-bond donors (Lipinski definition) is 3. The van der Waals surface area contributed by atoms with Crippen LogP contribution in [0.1, 0.15) is 50.1 Å². The van der Waals surface area contributed by atoms with Gasteiger partial charge in [-0.25, -0.2) is 19.3 Å². The Hall–Kier alpha value is -3.44. The van der Waals surface area contributed by atoms with Crippen LogP contribution in [0, 0.1) is 0 Å². The van der Waals surface area contributed by atoms with Gasteiger partial charge in [-0.3, -0.25) is 4.79 Å². The van der Waals surface area contributed by atoms with Crippen LogP contribution < -0.4 is 21.9 Å². The molecule has 11 nitrogen and oxygen atoms in total. The van der Waals surface area contributed by atoms with E-state index in [0.29, 0.717) is 35.0 Å². The Kier molecular flexibility index (Phi) is 5.45. The van der Waals surface area contributed by atoms with E-state index in [9.17, 15) is 9.59 Å². The van der Waals surface area contributed by atoms with E-state index < -0.39 is 0 Å². The molecule has 2 fully saturated rings. The highest BCUT2D eigenvalue weighted by Gasteiger charge is 2.34. The number of carbonyl (C=O) groups is 1. The van der Waals surface area contributed by atoms with Crippen LogP contribution in [0.5, 0.6) is 0 Å². The summed E-state index contributed by atoms with van der Waals surface area (Å²) in [6.45, 7) is 0.321. The van der Waals surface area contributed by atoms with E-state index in [2.05, 4.69) is 20.6 Å². The first-order valence-electron chi connectivity index (χ1n) is 12.1. The molecule has 4 atom stereocenters. The summed E-state index contributed by atoms with van der Waals surface area (Å²) in [5, 5.41) is 6.17. The summed E-state index contributed by atoms with van der Waals surface area (Å²) in [7, 11) is 1.70. The lowest BCUT2D eigenvalue weighted by molar-refractivity contribution is -0.0327. The van der Waals surface area contributed by atoms with E-state index in [0.717, 1.165) is 44.1 Å². The number of nitrogens with zero attached hydrogens (tertiary/aromatic N) is 4. The molecule has 4 bridgehead atoms. The third kappa shape index (κ3) is 3.84. The number of ether oxygens (including phenoxy) is 2. The largest absolute Gasteiger partial charge is 0.397 e. The fourth-order valence-corrected chi connectivity index (χ4v) is 5.38. The highest BCUT2D eigenvalue weighted by atomic mass is 16.5. The molecular weight excluding hydrogens is 450 g/mol. The molecule has 1 amide bonds. The van der Waals surface area contributed by atoms with Gasteiger partial charge in [-0.2, -0.15) is 0 Å². The molecule has 3 aromatic rings. The lowest BCUT2D eigenvalue weighted by Gasteiger charge is -2.37. The van der Waals surface area contributed by atoms with Gasteiger partial charge in [0.2, 0.25) is 0 Å². The van der Waals surface area contributed by atoms with Crippen molar-refractivity contribution in [2.45, 2.75) is 69.4 Å². The minimum atomic E-state index is -0.337. The van der Waals surface area contributed by atoms with Crippen molar-refractivity contribution in [3.8, 4) is 0 Å². The van der Waals surface area contributed by atoms with Crippen LogP contribution in [-0.4, -0.2) is 50.5 Å². The number of nitrogen functional groups attached to an aromatic ring is 1. The van der Waals surface area contributed by atoms with Gasteiger partial charge in [-0.05, 0) is 37.3 Å². The average Bonchev–Trinajstić information content (AvgIpc) is 3.28. The van der Waals surface area contributed by atoms with Gasteiger partial charge in [0.15, 0.2) is 5.65 Å². The van der Waals surface area contributed by atoms with Crippen LogP contribution in [0.15, 0.2) is 29.5 Å². The SMILES string of the molecule is CO[C@@H]1CCCC[C@@H]1n1cc2cc(c1=O)Nc1cc(N)c3ncn(c3n1)C(=O)N[C@@H]1CC[C@H]1OC2. The fourth-order valence-electron chi connectivity index (χ4n) is 5.38. The predicted octanol–water partition coefficient (Wildman–Crippen LogP) is 2.67. The first-order chi connectivity index (χ1) is 17.0. The van der Waals surface area contributed by atoms with Gasteiger partial charge in [0.05, 0.1) is 36.6 Å². The second-order valence-corrected chi connectivity index (χ2v) is 9.59. The first-order valence-corrected chi connectivity index (χ1v) is 12.1. The zero-order chi connectivity index (χ0) is 24.1. The van der Waals surface area contributed by atoms with E-state index in [-0.39, 0.29) is 35.9 Å². The standard InChI is InChI=1S/C24H29N7O4/c1-34-19-5-3-2-4-17(19)30-10-13-8-16(23(30)32)27-20-9-14(25)21-22(29-20)31(12-26-21)24(33)28-15-6-7-18(15)35-11-13/h8-10,12,15,17-19H,2-7,11H2,1H3,(H,28,33)(H3,25,27,29)/t15-,17+,18-,19-/m1/s1. The Morgan fingerprint density at radius 2 is 2.03 bits per heavy atom. The zero-order valence-corrected chi connectivity index (χ0v) is 19.6. The monoisotopic (exact) mass is 479 g/mol.